The van der Waals surface area contributed by atoms with Crippen LogP contribution >= 0.6 is 0 Å². The minimum absolute atomic E-state index is 0.0894. The second-order valence-corrected chi connectivity index (χ2v) is 8.79. The second-order valence-electron chi connectivity index (χ2n) is 8.79. The van der Waals surface area contributed by atoms with Gasteiger partial charge in [0.15, 0.2) is 11.5 Å². The van der Waals surface area contributed by atoms with Crippen LogP contribution in [-0.4, -0.2) is 42.0 Å². The molecule has 0 unspecified atom stereocenters. The molecule has 2 saturated carbocycles. The molecule has 0 aromatic rings. The molecular formula is C20H26O6. The zero-order valence-corrected chi connectivity index (χ0v) is 15.7. The average molecular weight is 362 g/mol. The molecule has 4 aliphatic rings. The van der Waals surface area contributed by atoms with Crippen LogP contribution in [0.2, 0.25) is 0 Å². The lowest BCUT2D eigenvalue weighted by atomic mass is 9.40. The highest BCUT2D eigenvalue weighted by atomic mass is 16.5. The Morgan fingerprint density at radius 3 is 2.54 bits per heavy atom. The Bertz CT molecular complexity index is 739. The fourth-order valence-corrected chi connectivity index (χ4v) is 6.55. The lowest BCUT2D eigenvalue weighted by Crippen LogP contribution is -2.69. The molecule has 0 radical (unpaired) electrons. The summed E-state index contributed by atoms with van der Waals surface area (Å²) in [6.07, 6.45) is 0.365. The van der Waals surface area contributed by atoms with Gasteiger partial charge in [-0.1, -0.05) is 13.8 Å². The molecule has 1 heterocycles. The molecular weight excluding hydrogens is 336 g/mol. The van der Waals surface area contributed by atoms with Crippen molar-refractivity contribution in [2.24, 2.45) is 28.6 Å². The number of aliphatic hydroxyl groups is 1. The fraction of sp³-hybridized carbons (Fsp3) is 0.750. The molecule has 6 nitrogen and oxygen atoms in total. The number of aliphatic hydroxyl groups excluding tert-OH is 1. The number of esters is 1. The van der Waals surface area contributed by atoms with Crippen molar-refractivity contribution in [3.05, 3.63) is 11.3 Å². The van der Waals surface area contributed by atoms with Gasteiger partial charge in [-0.3, -0.25) is 14.4 Å². The summed E-state index contributed by atoms with van der Waals surface area (Å²) in [6, 6.07) is 0. The Kier molecular flexibility index (Phi) is 3.69. The number of ether oxygens (including phenoxy) is 2. The zero-order valence-electron chi connectivity index (χ0n) is 15.7. The van der Waals surface area contributed by atoms with Crippen molar-refractivity contribution in [2.75, 3.05) is 7.11 Å². The minimum Gasteiger partial charge on any atom is -0.493 e. The summed E-state index contributed by atoms with van der Waals surface area (Å²) in [5, 5.41) is 10.3. The number of Topliss-reactive ketones (excluding diaryl/α,β-unsaturated/α-hetero) is 2. The smallest absolute Gasteiger partial charge is 0.306 e. The average Bonchev–Trinajstić information content (AvgIpc) is 2.57. The van der Waals surface area contributed by atoms with Gasteiger partial charge in [0.05, 0.1) is 13.5 Å². The van der Waals surface area contributed by atoms with E-state index in [1.807, 2.05) is 20.8 Å². The van der Waals surface area contributed by atoms with E-state index < -0.39 is 29.0 Å². The number of ketones is 2. The molecule has 26 heavy (non-hydrogen) atoms. The molecule has 6 heteroatoms. The molecule has 0 aromatic carbocycles. The van der Waals surface area contributed by atoms with Crippen LogP contribution in [0.4, 0.5) is 0 Å². The van der Waals surface area contributed by atoms with Crippen LogP contribution in [0.1, 0.15) is 46.5 Å². The maximum Gasteiger partial charge on any atom is 0.306 e. The van der Waals surface area contributed by atoms with E-state index in [-0.39, 0.29) is 41.6 Å². The third-order valence-corrected chi connectivity index (χ3v) is 7.85. The van der Waals surface area contributed by atoms with Gasteiger partial charge in [0, 0.05) is 22.7 Å². The predicted molar refractivity (Wildman–Crippen MR) is 90.8 cm³/mol. The van der Waals surface area contributed by atoms with Gasteiger partial charge in [-0.2, -0.15) is 0 Å². The number of methoxy groups -OCH3 is 1. The van der Waals surface area contributed by atoms with Crippen molar-refractivity contribution in [1.29, 1.82) is 0 Å². The molecule has 4 rings (SSSR count). The summed E-state index contributed by atoms with van der Waals surface area (Å²) in [7, 11) is 1.46. The van der Waals surface area contributed by atoms with Crippen molar-refractivity contribution >= 4 is 17.5 Å². The molecule has 0 aromatic heterocycles. The summed E-state index contributed by atoms with van der Waals surface area (Å²) < 4.78 is 11.2. The van der Waals surface area contributed by atoms with Crippen molar-refractivity contribution in [2.45, 2.75) is 58.7 Å². The molecule has 1 saturated heterocycles. The van der Waals surface area contributed by atoms with Crippen molar-refractivity contribution in [3.63, 3.8) is 0 Å². The molecule has 7 atom stereocenters. The number of fused-ring (bicyclic) bond motifs is 2. The first-order chi connectivity index (χ1) is 12.2. The third kappa shape index (κ3) is 1.89. The van der Waals surface area contributed by atoms with Gasteiger partial charge in [-0.15, -0.1) is 0 Å². The lowest BCUT2D eigenvalue weighted by Gasteiger charge is -2.64. The van der Waals surface area contributed by atoms with Crippen LogP contribution in [0.5, 0.6) is 0 Å². The van der Waals surface area contributed by atoms with Gasteiger partial charge in [0.2, 0.25) is 5.78 Å². The van der Waals surface area contributed by atoms with Gasteiger partial charge < -0.3 is 14.6 Å². The highest BCUT2D eigenvalue weighted by molar-refractivity contribution is 6.04. The summed E-state index contributed by atoms with van der Waals surface area (Å²) in [5.41, 5.74) is -0.856. The molecule has 1 N–H and O–H groups in total. The Morgan fingerprint density at radius 2 is 1.88 bits per heavy atom. The standard InChI is InChI=1S/C20H26O6/c1-9-11-8-14(22)26-13-7-10-5-6-12(21)18(24)19(10,2)17(20(11,13)3)15(23)16(9)25-4/h10-13,17,21H,5-8H2,1-4H3/t10-,11+,12+,13-,17-,19+,20-/m1/s1. The summed E-state index contributed by atoms with van der Waals surface area (Å²) in [4.78, 5) is 38.9. The topological polar surface area (TPSA) is 89.9 Å². The van der Waals surface area contributed by atoms with E-state index in [1.165, 1.54) is 7.11 Å². The number of allylic oxidation sites excluding steroid dienone is 2. The summed E-state index contributed by atoms with van der Waals surface area (Å²) >= 11 is 0. The summed E-state index contributed by atoms with van der Waals surface area (Å²) in [5.74, 6) is -1.38. The van der Waals surface area contributed by atoms with Crippen LogP contribution in [0.3, 0.4) is 0 Å². The highest BCUT2D eigenvalue weighted by Gasteiger charge is 2.71. The van der Waals surface area contributed by atoms with E-state index in [1.54, 1.807) is 0 Å². The van der Waals surface area contributed by atoms with Crippen LogP contribution in [0.25, 0.3) is 0 Å². The van der Waals surface area contributed by atoms with Crippen LogP contribution in [-0.2, 0) is 23.9 Å². The minimum atomic E-state index is -1.04. The Morgan fingerprint density at radius 1 is 1.19 bits per heavy atom. The Balaban J connectivity index is 1.96. The van der Waals surface area contributed by atoms with E-state index in [2.05, 4.69) is 0 Å². The zero-order chi connectivity index (χ0) is 19.0. The van der Waals surface area contributed by atoms with Gasteiger partial charge in [-0.25, -0.2) is 0 Å². The van der Waals surface area contributed by atoms with Crippen LogP contribution in [0.15, 0.2) is 11.3 Å². The molecule has 3 fully saturated rings. The second kappa shape index (κ2) is 5.41. The van der Waals surface area contributed by atoms with Crippen molar-refractivity contribution < 1.29 is 29.0 Å². The number of hydrogen-bond acceptors (Lipinski definition) is 6. The van der Waals surface area contributed by atoms with E-state index in [0.29, 0.717) is 19.3 Å². The Hall–Kier alpha value is -1.69. The summed E-state index contributed by atoms with van der Waals surface area (Å²) in [6.45, 7) is 5.64. The maximum atomic E-state index is 13.5. The number of carbonyl (C=O) groups excluding carboxylic acids is 3. The fourth-order valence-electron chi connectivity index (χ4n) is 6.55. The molecule has 1 aliphatic heterocycles. The number of carbonyl (C=O) groups is 3. The number of hydrogen-bond donors (Lipinski definition) is 1. The Labute approximate surface area is 152 Å². The van der Waals surface area contributed by atoms with Gasteiger partial charge in [0.25, 0.3) is 0 Å². The molecule has 142 valence electrons. The molecule has 0 spiro atoms. The van der Waals surface area contributed by atoms with Crippen molar-refractivity contribution in [3.8, 4) is 0 Å². The first-order valence-corrected chi connectivity index (χ1v) is 9.38. The number of rotatable bonds is 1. The van der Waals surface area contributed by atoms with E-state index in [4.69, 9.17) is 9.47 Å². The quantitative estimate of drug-likeness (QED) is 0.716. The van der Waals surface area contributed by atoms with E-state index in [9.17, 15) is 19.5 Å². The first-order valence-electron chi connectivity index (χ1n) is 9.38. The SMILES string of the molecule is COC1=C(C)[C@@H]2CC(=O)O[C@@H]3C[C@H]4CC[C@H](O)C(=O)[C@]4(C)[C@@H](C1=O)[C@@]32C. The first kappa shape index (κ1) is 17.7. The van der Waals surface area contributed by atoms with Crippen LogP contribution in [0, 0.1) is 28.6 Å². The van der Waals surface area contributed by atoms with Gasteiger partial charge >= 0.3 is 5.97 Å². The van der Waals surface area contributed by atoms with Gasteiger partial charge in [0.1, 0.15) is 12.2 Å². The van der Waals surface area contributed by atoms with E-state index in [0.717, 1.165) is 5.57 Å². The van der Waals surface area contributed by atoms with Crippen LogP contribution < -0.4 is 0 Å². The monoisotopic (exact) mass is 362 g/mol. The highest BCUT2D eigenvalue weighted by Crippen LogP contribution is 2.66. The van der Waals surface area contributed by atoms with E-state index >= 15 is 0 Å². The maximum absolute atomic E-state index is 13.5. The largest absolute Gasteiger partial charge is 0.493 e. The third-order valence-electron chi connectivity index (χ3n) is 7.85. The lowest BCUT2D eigenvalue weighted by molar-refractivity contribution is -0.219. The predicted octanol–water partition coefficient (Wildman–Crippen LogP) is 1.79. The molecule has 0 amide bonds. The van der Waals surface area contributed by atoms with Crippen molar-refractivity contribution in [1.82, 2.24) is 0 Å². The van der Waals surface area contributed by atoms with Gasteiger partial charge in [-0.05, 0) is 37.7 Å². The normalized spacial score (nSPS) is 47.9. The molecule has 3 aliphatic carbocycles. The molecule has 0 bridgehead atoms.